The molecule has 0 radical (unpaired) electrons. The molecule has 1 aromatic rings. The third kappa shape index (κ3) is 2.50. The van der Waals surface area contributed by atoms with Gasteiger partial charge in [-0.1, -0.05) is 11.8 Å². The number of methoxy groups -OCH3 is 1. The van der Waals surface area contributed by atoms with Crippen molar-refractivity contribution in [3.63, 3.8) is 0 Å². The van der Waals surface area contributed by atoms with Crippen molar-refractivity contribution in [3.8, 4) is 23.8 Å². The van der Waals surface area contributed by atoms with Gasteiger partial charge >= 0.3 is 0 Å². The second-order valence-corrected chi connectivity index (χ2v) is 2.62. The van der Waals surface area contributed by atoms with E-state index in [1.165, 1.54) is 0 Å². The van der Waals surface area contributed by atoms with Crippen molar-refractivity contribution in [1.82, 2.24) is 4.98 Å². The van der Waals surface area contributed by atoms with Crippen LogP contribution in [0, 0.1) is 30.1 Å². The van der Waals surface area contributed by atoms with Gasteiger partial charge in [0.25, 0.3) is 0 Å². The summed E-state index contributed by atoms with van der Waals surface area (Å²) in [6.07, 6.45) is 0.242. The molecule has 0 saturated heterocycles. The van der Waals surface area contributed by atoms with Crippen molar-refractivity contribution in [2.45, 2.75) is 13.3 Å². The molecule has 0 fully saturated rings. The highest BCUT2D eigenvalue weighted by Crippen LogP contribution is 2.10. The van der Waals surface area contributed by atoms with E-state index < -0.39 is 0 Å². The quantitative estimate of drug-likeness (QED) is 0.626. The first-order chi connectivity index (χ1) is 6.77. The molecule has 1 aromatic heterocycles. The standard InChI is InChI=1S/C11H10N2O/c1-9-10(5-3-4-8-12)6-7-11(13-9)14-2/h6-7H,4H2,1-2H3. The molecule has 0 atom stereocenters. The SMILES string of the molecule is COc1ccc(C#CCC#N)c(C)n1. The van der Waals surface area contributed by atoms with Crippen LogP contribution in [0.3, 0.4) is 0 Å². The molecule has 0 N–H and O–H groups in total. The van der Waals surface area contributed by atoms with Crippen LogP contribution in [0.5, 0.6) is 5.88 Å². The summed E-state index contributed by atoms with van der Waals surface area (Å²) in [5.41, 5.74) is 1.65. The largest absolute Gasteiger partial charge is 0.481 e. The van der Waals surface area contributed by atoms with Crippen molar-refractivity contribution < 1.29 is 4.74 Å². The Hall–Kier alpha value is -2.00. The lowest BCUT2D eigenvalue weighted by atomic mass is 10.2. The number of hydrogen-bond acceptors (Lipinski definition) is 3. The Morgan fingerprint density at radius 3 is 2.86 bits per heavy atom. The third-order valence-corrected chi connectivity index (χ3v) is 1.66. The van der Waals surface area contributed by atoms with E-state index >= 15 is 0 Å². The number of ether oxygens (including phenoxy) is 1. The van der Waals surface area contributed by atoms with E-state index in [9.17, 15) is 0 Å². The smallest absolute Gasteiger partial charge is 0.213 e. The van der Waals surface area contributed by atoms with Gasteiger partial charge in [-0.15, -0.1) is 0 Å². The van der Waals surface area contributed by atoms with Crippen LogP contribution in [-0.4, -0.2) is 12.1 Å². The average molecular weight is 186 g/mol. The summed E-state index contributed by atoms with van der Waals surface area (Å²) in [5, 5.41) is 8.31. The van der Waals surface area contributed by atoms with Gasteiger partial charge in [0.15, 0.2) is 0 Å². The fourth-order valence-corrected chi connectivity index (χ4v) is 0.963. The van der Waals surface area contributed by atoms with E-state index in [-0.39, 0.29) is 6.42 Å². The van der Waals surface area contributed by atoms with Gasteiger partial charge in [-0.25, -0.2) is 4.98 Å². The van der Waals surface area contributed by atoms with Crippen molar-refractivity contribution in [1.29, 1.82) is 5.26 Å². The number of nitriles is 1. The normalized spacial score (nSPS) is 8.36. The van der Waals surface area contributed by atoms with Gasteiger partial charge in [0.1, 0.15) is 0 Å². The maximum atomic E-state index is 8.31. The summed E-state index contributed by atoms with van der Waals surface area (Å²) in [7, 11) is 1.57. The molecule has 0 spiro atoms. The van der Waals surface area contributed by atoms with E-state index in [2.05, 4.69) is 16.8 Å². The van der Waals surface area contributed by atoms with Crippen LogP contribution in [0.15, 0.2) is 12.1 Å². The lowest BCUT2D eigenvalue weighted by molar-refractivity contribution is 0.397. The first-order valence-corrected chi connectivity index (χ1v) is 4.15. The highest BCUT2D eigenvalue weighted by Gasteiger charge is 1.97. The zero-order valence-corrected chi connectivity index (χ0v) is 8.16. The van der Waals surface area contributed by atoms with Gasteiger partial charge in [-0.3, -0.25) is 0 Å². The molecule has 0 aliphatic rings. The molecule has 0 aliphatic carbocycles. The zero-order chi connectivity index (χ0) is 10.4. The first kappa shape index (κ1) is 10.1. The fourth-order valence-electron chi connectivity index (χ4n) is 0.963. The van der Waals surface area contributed by atoms with E-state index in [0.717, 1.165) is 11.3 Å². The highest BCUT2D eigenvalue weighted by atomic mass is 16.5. The summed E-state index contributed by atoms with van der Waals surface area (Å²) >= 11 is 0. The number of hydrogen-bond donors (Lipinski definition) is 0. The topological polar surface area (TPSA) is 45.9 Å². The van der Waals surface area contributed by atoms with E-state index in [1.807, 2.05) is 19.1 Å². The van der Waals surface area contributed by atoms with Gasteiger partial charge in [0, 0.05) is 11.6 Å². The lowest BCUT2D eigenvalue weighted by Crippen LogP contribution is -1.92. The second kappa shape index (κ2) is 4.89. The number of nitrogens with zero attached hydrogens (tertiary/aromatic N) is 2. The number of aromatic nitrogens is 1. The molecule has 0 saturated carbocycles. The molecule has 3 nitrogen and oxygen atoms in total. The number of pyridine rings is 1. The fraction of sp³-hybridized carbons (Fsp3) is 0.273. The monoisotopic (exact) mass is 186 g/mol. The minimum absolute atomic E-state index is 0.242. The Morgan fingerprint density at radius 1 is 1.50 bits per heavy atom. The number of rotatable bonds is 1. The molecule has 14 heavy (non-hydrogen) atoms. The predicted octanol–water partition coefficient (Wildman–Crippen LogP) is 1.66. The Morgan fingerprint density at radius 2 is 2.29 bits per heavy atom. The maximum Gasteiger partial charge on any atom is 0.213 e. The Labute approximate surface area is 83.3 Å². The molecule has 0 aliphatic heterocycles. The van der Waals surface area contributed by atoms with Crippen molar-refractivity contribution in [2.24, 2.45) is 0 Å². The molecule has 70 valence electrons. The summed E-state index contributed by atoms with van der Waals surface area (Å²) < 4.78 is 4.96. The van der Waals surface area contributed by atoms with Crippen molar-refractivity contribution >= 4 is 0 Å². The summed E-state index contributed by atoms with van der Waals surface area (Å²) in [4.78, 5) is 4.16. The van der Waals surface area contributed by atoms with Gasteiger partial charge in [0.05, 0.1) is 25.3 Å². The average Bonchev–Trinajstić information content (AvgIpc) is 2.20. The van der Waals surface area contributed by atoms with Crippen LogP contribution in [0.1, 0.15) is 17.7 Å². The molecule has 1 heterocycles. The maximum absolute atomic E-state index is 8.31. The molecule has 1 rings (SSSR count). The van der Waals surface area contributed by atoms with Gasteiger partial charge in [-0.05, 0) is 13.0 Å². The van der Waals surface area contributed by atoms with Gasteiger partial charge in [0.2, 0.25) is 5.88 Å². The molecule has 0 aromatic carbocycles. The van der Waals surface area contributed by atoms with Crippen molar-refractivity contribution in [2.75, 3.05) is 7.11 Å². The molecular formula is C11H10N2O. The minimum Gasteiger partial charge on any atom is -0.481 e. The van der Waals surface area contributed by atoms with Crippen LogP contribution in [0.25, 0.3) is 0 Å². The molecular weight excluding hydrogens is 176 g/mol. The van der Waals surface area contributed by atoms with Gasteiger partial charge in [-0.2, -0.15) is 5.26 Å². The van der Waals surface area contributed by atoms with E-state index in [1.54, 1.807) is 13.2 Å². The van der Waals surface area contributed by atoms with Crippen LogP contribution in [0.4, 0.5) is 0 Å². The summed E-state index contributed by atoms with van der Waals surface area (Å²) in [6, 6.07) is 5.55. The van der Waals surface area contributed by atoms with Crippen LogP contribution in [0.2, 0.25) is 0 Å². The minimum atomic E-state index is 0.242. The highest BCUT2D eigenvalue weighted by molar-refractivity contribution is 5.39. The summed E-state index contributed by atoms with van der Waals surface area (Å²) in [6.45, 7) is 1.86. The Kier molecular flexibility index (Phi) is 3.52. The van der Waals surface area contributed by atoms with Crippen molar-refractivity contribution in [3.05, 3.63) is 23.4 Å². The van der Waals surface area contributed by atoms with Crippen LogP contribution in [-0.2, 0) is 0 Å². The first-order valence-electron chi connectivity index (χ1n) is 4.15. The third-order valence-electron chi connectivity index (χ3n) is 1.66. The lowest BCUT2D eigenvalue weighted by Gasteiger charge is -2.00. The zero-order valence-electron chi connectivity index (χ0n) is 8.16. The Balaban J connectivity index is 2.92. The van der Waals surface area contributed by atoms with E-state index in [0.29, 0.717) is 5.88 Å². The van der Waals surface area contributed by atoms with Crippen LogP contribution >= 0.6 is 0 Å². The van der Waals surface area contributed by atoms with Gasteiger partial charge < -0.3 is 4.74 Å². The second-order valence-electron chi connectivity index (χ2n) is 2.62. The van der Waals surface area contributed by atoms with Crippen LogP contribution < -0.4 is 4.74 Å². The molecule has 0 amide bonds. The molecule has 0 bridgehead atoms. The number of aryl methyl sites for hydroxylation is 1. The Bertz CT molecular complexity index is 421. The predicted molar refractivity (Wildman–Crippen MR) is 52.6 cm³/mol. The molecule has 3 heteroatoms. The summed E-state index contributed by atoms with van der Waals surface area (Å²) in [5.74, 6) is 6.19. The molecule has 0 unspecified atom stereocenters. The van der Waals surface area contributed by atoms with E-state index in [4.69, 9.17) is 10.00 Å².